The fourth-order valence-corrected chi connectivity index (χ4v) is 3.79. The number of aromatic nitrogens is 5. The number of halogens is 2. The molecule has 12 heteroatoms. The molecule has 2 heterocycles. The number of benzene rings is 2. The van der Waals surface area contributed by atoms with Gasteiger partial charge in [-0.3, -0.25) is 0 Å². The smallest absolute Gasteiger partial charge is 0.257 e. The zero-order valence-electron chi connectivity index (χ0n) is 18.4. The van der Waals surface area contributed by atoms with Crippen LogP contribution in [0.4, 0.5) is 17.6 Å². The molecule has 174 valence electrons. The van der Waals surface area contributed by atoms with E-state index in [1.807, 2.05) is 44.2 Å². The van der Waals surface area contributed by atoms with E-state index in [1.54, 1.807) is 16.8 Å². The molecule has 0 aliphatic carbocycles. The van der Waals surface area contributed by atoms with Gasteiger partial charge in [0, 0.05) is 25.9 Å². The highest BCUT2D eigenvalue weighted by Gasteiger charge is 2.13. The molecule has 4 aromatic rings. The predicted octanol–water partition coefficient (Wildman–Crippen LogP) is 5.10. The number of aryl methyl sites for hydroxylation is 2. The van der Waals surface area contributed by atoms with Gasteiger partial charge in [-0.15, -0.1) is 0 Å². The van der Waals surface area contributed by atoms with E-state index in [9.17, 15) is 5.11 Å². The molecule has 34 heavy (non-hydrogen) atoms. The van der Waals surface area contributed by atoms with Crippen LogP contribution in [0.25, 0.3) is 5.95 Å². The summed E-state index contributed by atoms with van der Waals surface area (Å²) < 4.78 is 8.49. The van der Waals surface area contributed by atoms with Gasteiger partial charge in [-0.25, -0.2) is 10.1 Å². The summed E-state index contributed by atoms with van der Waals surface area (Å²) in [6.07, 6.45) is 1.44. The third-order valence-electron chi connectivity index (χ3n) is 4.58. The highest BCUT2D eigenvalue weighted by Crippen LogP contribution is 2.32. The summed E-state index contributed by atoms with van der Waals surface area (Å²) in [5.74, 6) is 1.11. The van der Waals surface area contributed by atoms with Crippen LogP contribution in [0.2, 0.25) is 0 Å². The molecule has 0 fully saturated rings. The third kappa shape index (κ3) is 5.51. The number of phenols is 1. The number of rotatable bonds is 7. The van der Waals surface area contributed by atoms with Crippen LogP contribution in [0.5, 0.6) is 11.5 Å². The van der Waals surface area contributed by atoms with Crippen LogP contribution >= 0.6 is 31.9 Å². The number of aromatic hydroxyl groups is 1. The lowest BCUT2D eigenvalue weighted by Gasteiger charge is -2.10. The minimum absolute atomic E-state index is 0.0344. The first-order valence-electron chi connectivity index (χ1n) is 10.0. The van der Waals surface area contributed by atoms with E-state index < -0.39 is 0 Å². The Hall–Kier alpha value is -3.51. The van der Waals surface area contributed by atoms with Crippen molar-refractivity contribution in [3.63, 3.8) is 0 Å². The zero-order valence-corrected chi connectivity index (χ0v) is 21.6. The average Bonchev–Trinajstić information content (AvgIpc) is 3.15. The lowest BCUT2D eigenvalue weighted by molar-refractivity contribution is 0.373. The first-order valence-corrected chi connectivity index (χ1v) is 11.6. The van der Waals surface area contributed by atoms with Gasteiger partial charge in [0.15, 0.2) is 11.5 Å². The van der Waals surface area contributed by atoms with E-state index in [2.05, 4.69) is 67.8 Å². The Morgan fingerprint density at radius 2 is 1.74 bits per heavy atom. The number of hydrogen-bond donors (Lipinski definition) is 3. The molecule has 0 aliphatic heterocycles. The van der Waals surface area contributed by atoms with Gasteiger partial charge in [-0.1, -0.05) is 31.9 Å². The van der Waals surface area contributed by atoms with Gasteiger partial charge in [0.05, 0.1) is 19.0 Å². The maximum absolute atomic E-state index is 10.3. The van der Waals surface area contributed by atoms with Crippen molar-refractivity contribution in [2.75, 3.05) is 17.9 Å². The predicted molar refractivity (Wildman–Crippen MR) is 137 cm³/mol. The molecule has 2 aromatic heterocycles. The van der Waals surface area contributed by atoms with E-state index in [4.69, 9.17) is 4.74 Å². The standard InChI is InChI=1S/C22H20Br2N8O2/c1-12-8-13(2)32(31-12)22-28-20(26-17-6-4-15(23)5-7-17)27-21(29-22)30-25-11-14-9-16(24)10-18(34-3)19(14)33/h4-11,33H,1-3H3,(H2,26,27,28,29,30)/b25-11-. The molecule has 0 saturated heterocycles. The van der Waals surface area contributed by atoms with Crippen LogP contribution in [0.3, 0.4) is 0 Å². The summed E-state index contributed by atoms with van der Waals surface area (Å²) in [7, 11) is 1.48. The quantitative estimate of drug-likeness (QED) is 0.201. The molecule has 0 radical (unpaired) electrons. The largest absolute Gasteiger partial charge is 0.504 e. The molecular weight excluding hydrogens is 568 g/mol. The SMILES string of the molecule is COc1cc(Br)cc(/C=N\Nc2nc(Nc3ccc(Br)cc3)nc(-n3nc(C)cc3C)n2)c1O. The molecule has 0 amide bonds. The molecule has 0 aliphatic rings. The monoisotopic (exact) mass is 586 g/mol. The maximum Gasteiger partial charge on any atom is 0.257 e. The Labute approximate surface area is 212 Å². The molecule has 4 rings (SSSR count). The van der Waals surface area contributed by atoms with Crippen molar-refractivity contribution in [1.82, 2.24) is 24.7 Å². The molecular formula is C22H20Br2N8O2. The van der Waals surface area contributed by atoms with Gasteiger partial charge in [0.2, 0.25) is 11.9 Å². The van der Waals surface area contributed by atoms with Crippen LogP contribution in [0.1, 0.15) is 17.0 Å². The molecule has 3 N–H and O–H groups in total. The van der Waals surface area contributed by atoms with Gasteiger partial charge < -0.3 is 15.2 Å². The van der Waals surface area contributed by atoms with E-state index in [0.717, 1.165) is 26.0 Å². The summed E-state index contributed by atoms with van der Waals surface area (Å²) in [5, 5.41) is 22.1. The molecule has 0 spiro atoms. The van der Waals surface area contributed by atoms with Crippen molar-refractivity contribution in [2.24, 2.45) is 5.10 Å². The number of phenolic OH excluding ortho intramolecular Hbond substituents is 1. The van der Waals surface area contributed by atoms with Crippen LogP contribution in [-0.4, -0.2) is 43.2 Å². The average molecular weight is 588 g/mol. The number of nitrogens with one attached hydrogen (secondary N) is 2. The first-order chi connectivity index (χ1) is 16.3. The summed E-state index contributed by atoms with van der Waals surface area (Å²) in [5.41, 5.74) is 5.76. The Bertz CT molecular complexity index is 1360. The first kappa shape index (κ1) is 23.6. The summed E-state index contributed by atoms with van der Waals surface area (Å²) in [4.78, 5) is 13.4. The van der Waals surface area contributed by atoms with Gasteiger partial charge in [-0.2, -0.15) is 25.2 Å². The Morgan fingerprint density at radius 1 is 1.00 bits per heavy atom. The third-order valence-corrected chi connectivity index (χ3v) is 5.57. The minimum Gasteiger partial charge on any atom is -0.504 e. The van der Waals surface area contributed by atoms with Crippen molar-refractivity contribution >= 4 is 55.7 Å². The van der Waals surface area contributed by atoms with Crippen molar-refractivity contribution < 1.29 is 9.84 Å². The lowest BCUT2D eigenvalue weighted by atomic mass is 10.2. The van der Waals surface area contributed by atoms with E-state index in [-0.39, 0.29) is 11.7 Å². The fraction of sp³-hybridized carbons (Fsp3) is 0.136. The van der Waals surface area contributed by atoms with Crippen molar-refractivity contribution in [3.8, 4) is 17.4 Å². The van der Waals surface area contributed by atoms with E-state index in [1.165, 1.54) is 13.3 Å². The highest BCUT2D eigenvalue weighted by molar-refractivity contribution is 9.10. The van der Waals surface area contributed by atoms with Gasteiger partial charge in [0.1, 0.15) is 0 Å². The second-order valence-electron chi connectivity index (χ2n) is 7.17. The number of methoxy groups -OCH3 is 1. The zero-order chi connectivity index (χ0) is 24.2. The number of anilines is 3. The van der Waals surface area contributed by atoms with E-state index in [0.29, 0.717) is 23.2 Å². The van der Waals surface area contributed by atoms with E-state index >= 15 is 0 Å². The minimum atomic E-state index is -0.0344. The summed E-state index contributed by atoms with van der Waals surface area (Å²) >= 11 is 6.81. The van der Waals surface area contributed by atoms with Crippen LogP contribution in [-0.2, 0) is 0 Å². The van der Waals surface area contributed by atoms with Crippen LogP contribution in [0.15, 0.2) is 56.5 Å². The number of ether oxygens (including phenoxy) is 1. The molecule has 0 atom stereocenters. The number of nitrogens with zero attached hydrogens (tertiary/aromatic N) is 6. The van der Waals surface area contributed by atoms with Crippen LogP contribution < -0.4 is 15.5 Å². The highest BCUT2D eigenvalue weighted by atomic mass is 79.9. The van der Waals surface area contributed by atoms with Gasteiger partial charge >= 0.3 is 0 Å². The van der Waals surface area contributed by atoms with Crippen molar-refractivity contribution in [3.05, 3.63) is 68.4 Å². The second-order valence-corrected chi connectivity index (χ2v) is 9.00. The number of hydrazone groups is 1. The molecule has 0 unspecified atom stereocenters. The maximum atomic E-state index is 10.3. The lowest BCUT2D eigenvalue weighted by Crippen LogP contribution is -2.11. The Morgan fingerprint density at radius 3 is 2.41 bits per heavy atom. The van der Waals surface area contributed by atoms with Crippen molar-refractivity contribution in [2.45, 2.75) is 13.8 Å². The fourth-order valence-electron chi connectivity index (χ4n) is 3.07. The van der Waals surface area contributed by atoms with Gasteiger partial charge in [-0.05, 0) is 56.3 Å². The molecule has 10 nitrogen and oxygen atoms in total. The molecule has 0 bridgehead atoms. The molecule has 0 saturated carbocycles. The Balaban J connectivity index is 1.66. The topological polar surface area (TPSA) is 122 Å². The molecule has 2 aromatic carbocycles. The number of hydrogen-bond acceptors (Lipinski definition) is 9. The summed E-state index contributed by atoms with van der Waals surface area (Å²) in [6, 6.07) is 12.9. The second kappa shape index (κ2) is 10.2. The van der Waals surface area contributed by atoms with Gasteiger partial charge in [0.25, 0.3) is 5.95 Å². The van der Waals surface area contributed by atoms with Crippen LogP contribution in [0, 0.1) is 13.8 Å². The Kier molecular flexibility index (Phi) is 7.08. The normalized spacial score (nSPS) is 11.1. The summed E-state index contributed by atoms with van der Waals surface area (Å²) in [6.45, 7) is 3.81. The van der Waals surface area contributed by atoms with Crippen molar-refractivity contribution in [1.29, 1.82) is 0 Å².